The smallest absolute Gasteiger partial charge is 0.348 e. The predicted octanol–water partition coefficient (Wildman–Crippen LogP) is 2.71. The number of hydrogen-bond donors (Lipinski definition) is 2. The Morgan fingerprint density at radius 2 is 1.95 bits per heavy atom. The zero-order chi connectivity index (χ0) is 14.8. The van der Waals surface area contributed by atoms with Gasteiger partial charge in [0.05, 0.1) is 5.56 Å². The van der Waals surface area contributed by atoms with Gasteiger partial charge in [0.2, 0.25) is 0 Å². The van der Waals surface area contributed by atoms with Crippen molar-refractivity contribution in [1.29, 1.82) is 0 Å². The van der Waals surface area contributed by atoms with Crippen LogP contribution in [0.1, 0.15) is 41.6 Å². The minimum absolute atomic E-state index is 0.0117. The molecule has 0 spiro atoms. The highest BCUT2D eigenvalue weighted by atomic mass is 19.4. The van der Waals surface area contributed by atoms with E-state index in [-0.39, 0.29) is 17.6 Å². The Bertz CT molecular complexity index is 488. The second-order valence-electron chi connectivity index (χ2n) is 5.11. The van der Waals surface area contributed by atoms with Gasteiger partial charge in [-0.25, -0.2) is 0 Å². The monoisotopic (exact) mass is 286 g/mol. The van der Waals surface area contributed by atoms with Gasteiger partial charge in [0.25, 0.3) is 5.91 Å². The standard InChI is InChI=1S/C14H17F3N2O/c15-14(16,17)10-5-3-4-9(8-10)13(20)19-12-7-2-1-6-11(12)18/h3-5,8,11-12H,1-2,6-7,18H2,(H,19,20)/t11-,12-/m1/s1. The lowest BCUT2D eigenvalue weighted by molar-refractivity contribution is -0.137. The third-order valence-electron chi connectivity index (χ3n) is 3.59. The van der Waals surface area contributed by atoms with Crippen molar-refractivity contribution in [3.63, 3.8) is 0 Å². The van der Waals surface area contributed by atoms with E-state index in [9.17, 15) is 18.0 Å². The molecule has 6 heteroatoms. The number of benzene rings is 1. The number of nitrogens with one attached hydrogen (secondary N) is 1. The summed E-state index contributed by atoms with van der Waals surface area (Å²) in [6.45, 7) is 0. The molecule has 1 saturated carbocycles. The number of amides is 1. The van der Waals surface area contributed by atoms with Gasteiger partial charge in [-0.15, -0.1) is 0 Å². The van der Waals surface area contributed by atoms with Crippen LogP contribution in [0.5, 0.6) is 0 Å². The van der Waals surface area contributed by atoms with Crippen LogP contribution in [0.25, 0.3) is 0 Å². The van der Waals surface area contributed by atoms with E-state index in [0.717, 1.165) is 37.8 Å². The van der Waals surface area contributed by atoms with Crippen molar-refractivity contribution < 1.29 is 18.0 Å². The number of hydrogen-bond acceptors (Lipinski definition) is 2. The highest BCUT2D eigenvalue weighted by Crippen LogP contribution is 2.29. The molecular weight excluding hydrogens is 269 g/mol. The molecule has 3 nitrogen and oxygen atoms in total. The van der Waals surface area contributed by atoms with Crippen LogP contribution in [-0.2, 0) is 6.18 Å². The quantitative estimate of drug-likeness (QED) is 0.878. The van der Waals surface area contributed by atoms with Crippen molar-refractivity contribution in [2.75, 3.05) is 0 Å². The van der Waals surface area contributed by atoms with Crippen molar-refractivity contribution in [2.24, 2.45) is 5.73 Å². The Morgan fingerprint density at radius 3 is 2.60 bits per heavy atom. The van der Waals surface area contributed by atoms with Crippen LogP contribution in [-0.4, -0.2) is 18.0 Å². The average Bonchev–Trinajstić information content (AvgIpc) is 2.40. The molecule has 0 bridgehead atoms. The SMILES string of the molecule is N[C@@H]1CCCC[C@H]1NC(=O)c1cccc(C(F)(F)F)c1. The molecule has 0 heterocycles. The molecule has 0 unspecified atom stereocenters. The summed E-state index contributed by atoms with van der Waals surface area (Å²) in [6.07, 6.45) is -0.852. The van der Waals surface area contributed by atoms with E-state index in [0.29, 0.717) is 0 Å². The van der Waals surface area contributed by atoms with Crippen LogP contribution in [0.2, 0.25) is 0 Å². The van der Waals surface area contributed by atoms with E-state index in [1.54, 1.807) is 0 Å². The van der Waals surface area contributed by atoms with Crippen molar-refractivity contribution in [1.82, 2.24) is 5.32 Å². The minimum Gasteiger partial charge on any atom is -0.348 e. The minimum atomic E-state index is -4.45. The Kier molecular flexibility index (Phi) is 4.32. The first kappa shape index (κ1) is 14.8. The van der Waals surface area contributed by atoms with Crippen molar-refractivity contribution in [3.05, 3.63) is 35.4 Å². The maximum atomic E-state index is 12.6. The van der Waals surface area contributed by atoms with Crippen LogP contribution >= 0.6 is 0 Å². The van der Waals surface area contributed by atoms with Gasteiger partial charge in [0.15, 0.2) is 0 Å². The lowest BCUT2D eigenvalue weighted by atomic mass is 9.91. The Morgan fingerprint density at radius 1 is 1.25 bits per heavy atom. The average molecular weight is 286 g/mol. The molecule has 0 aromatic heterocycles. The number of nitrogens with two attached hydrogens (primary N) is 1. The van der Waals surface area contributed by atoms with E-state index in [1.165, 1.54) is 12.1 Å². The first-order chi connectivity index (χ1) is 9.38. The summed E-state index contributed by atoms with van der Waals surface area (Å²) >= 11 is 0. The molecule has 1 aliphatic rings. The van der Waals surface area contributed by atoms with Gasteiger partial charge in [-0.3, -0.25) is 4.79 Å². The van der Waals surface area contributed by atoms with E-state index in [2.05, 4.69) is 5.32 Å². The van der Waals surface area contributed by atoms with Gasteiger partial charge in [0.1, 0.15) is 0 Å². The first-order valence-corrected chi connectivity index (χ1v) is 6.61. The summed E-state index contributed by atoms with van der Waals surface area (Å²) in [5, 5.41) is 2.73. The molecule has 1 amide bonds. The maximum Gasteiger partial charge on any atom is 0.416 e. The molecule has 1 aromatic carbocycles. The second kappa shape index (κ2) is 5.83. The summed E-state index contributed by atoms with van der Waals surface area (Å²) in [4.78, 5) is 12.0. The van der Waals surface area contributed by atoms with Crippen molar-refractivity contribution in [2.45, 2.75) is 43.9 Å². The second-order valence-corrected chi connectivity index (χ2v) is 5.11. The number of carbonyl (C=O) groups is 1. The molecule has 0 aliphatic heterocycles. The topological polar surface area (TPSA) is 55.1 Å². The van der Waals surface area contributed by atoms with Gasteiger partial charge in [0, 0.05) is 17.6 Å². The first-order valence-electron chi connectivity index (χ1n) is 6.61. The van der Waals surface area contributed by atoms with Crippen molar-refractivity contribution in [3.8, 4) is 0 Å². The van der Waals surface area contributed by atoms with Gasteiger partial charge in [-0.05, 0) is 31.0 Å². The third-order valence-corrected chi connectivity index (χ3v) is 3.59. The molecule has 0 radical (unpaired) electrons. The summed E-state index contributed by atoms with van der Waals surface area (Å²) in [7, 11) is 0. The van der Waals surface area contributed by atoms with Crippen LogP contribution in [0, 0.1) is 0 Å². The van der Waals surface area contributed by atoms with Gasteiger partial charge in [-0.2, -0.15) is 13.2 Å². The van der Waals surface area contributed by atoms with Crippen LogP contribution in [0.3, 0.4) is 0 Å². The molecular formula is C14H17F3N2O. The molecule has 3 N–H and O–H groups in total. The summed E-state index contributed by atoms with van der Waals surface area (Å²) < 4.78 is 37.8. The summed E-state index contributed by atoms with van der Waals surface area (Å²) in [6, 6.07) is 4.13. The molecule has 110 valence electrons. The van der Waals surface area contributed by atoms with Crippen LogP contribution in [0.15, 0.2) is 24.3 Å². The van der Waals surface area contributed by atoms with E-state index in [4.69, 9.17) is 5.73 Å². The molecule has 1 aliphatic carbocycles. The fourth-order valence-corrected chi connectivity index (χ4v) is 2.43. The molecule has 1 aromatic rings. The van der Waals surface area contributed by atoms with E-state index in [1.807, 2.05) is 0 Å². The highest BCUT2D eigenvalue weighted by Gasteiger charge is 2.31. The lowest BCUT2D eigenvalue weighted by Crippen LogP contribution is -2.49. The van der Waals surface area contributed by atoms with Crippen molar-refractivity contribution >= 4 is 5.91 Å². The number of carbonyl (C=O) groups excluding carboxylic acids is 1. The highest BCUT2D eigenvalue weighted by molar-refractivity contribution is 5.94. The molecule has 1 fully saturated rings. The Hall–Kier alpha value is -1.56. The number of halogens is 3. The largest absolute Gasteiger partial charge is 0.416 e. The normalized spacial score (nSPS) is 23.4. The van der Waals surface area contributed by atoms with E-state index < -0.39 is 17.6 Å². The molecule has 2 atom stereocenters. The predicted molar refractivity (Wildman–Crippen MR) is 69.1 cm³/mol. The van der Waals surface area contributed by atoms with Crippen LogP contribution < -0.4 is 11.1 Å². The van der Waals surface area contributed by atoms with E-state index >= 15 is 0 Å². The number of rotatable bonds is 2. The Labute approximate surface area is 115 Å². The van der Waals surface area contributed by atoms with Gasteiger partial charge in [-0.1, -0.05) is 18.9 Å². The zero-order valence-corrected chi connectivity index (χ0v) is 10.9. The fourth-order valence-electron chi connectivity index (χ4n) is 2.43. The van der Waals surface area contributed by atoms with Crippen LogP contribution in [0.4, 0.5) is 13.2 Å². The molecule has 2 rings (SSSR count). The molecule has 20 heavy (non-hydrogen) atoms. The summed E-state index contributed by atoms with van der Waals surface area (Å²) in [5.41, 5.74) is 5.10. The third kappa shape index (κ3) is 3.50. The zero-order valence-electron chi connectivity index (χ0n) is 10.9. The number of alkyl halides is 3. The maximum absolute atomic E-state index is 12.6. The van der Waals surface area contributed by atoms with Gasteiger partial charge < -0.3 is 11.1 Å². The fraction of sp³-hybridized carbons (Fsp3) is 0.500. The summed E-state index contributed by atoms with van der Waals surface area (Å²) in [5.74, 6) is -0.501. The molecule has 0 saturated heterocycles. The lowest BCUT2D eigenvalue weighted by Gasteiger charge is -2.29. The van der Waals surface area contributed by atoms with Gasteiger partial charge >= 0.3 is 6.18 Å². The Balaban J connectivity index is 2.09.